The summed E-state index contributed by atoms with van der Waals surface area (Å²) in [7, 11) is 0. The Morgan fingerprint density at radius 3 is 2.93 bits per heavy atom. The summed E-state index contributed by atoms with van der Waals surface area (Å²) in [6.45, 7) is 2.43. The molecule has 0 aliphatic rings. The third-order valence-corrected chi connectivity index (χ3v) is 2.79. The molecule has 0 aliphatic carbocycles. The van der Waals surface area contributed by atoms with Gasteiger partial charge in [-0.3, -0.25) is 0 Å². The fraction of sp³-hybridized carbons (Fsp3) is 0.200. The average Bonchev–Trinajstić information content (AvgIpc) is 2.62. The van der Waals surface area contributed by atoms with Gasteiger partial charge in [-0.15, -0.1) is 10.2 Å². The Morgan fingerprint density at radius 2 is 2.27 bits per heavy atom. The van der Waals surface area contributed by atoms with Crippen molar-refractivity contribution in [2.45, 2.75) is 13.5 Å². The molecular weight excluding hydrogens is 232 g/mol. The first kappa shape index (κ1) is 10.4. The average molecular weight is 241 g/mol. The predicted molar refractivity (Wildman–Crippen MR) is 60.4 cm³/mol. The Hall–Kier alpha value is -1.13. The van der Waals surface area contributed by atoms with E-state index in [1.54, 1.807) is 0 Å². The van der Waals surface area contributed by atoms with E-state index in [9.17, 15) is 0 Å². The second-order valence-corrected chi connectivity index (χ2v) is 4.70. The minimum Gasteiger partial charge on any atom is -0.486 e. The standard InChI is InChI=1S/C10H9ClN2OS/c1-7-3-2-4-8(5-7)14-6-9-12-13-10(11)15-9/h2-5H,6H2,1H3. The van der Waals surface area contributed by atoms with E-state index in [0.29, 0.717) is 11.1 Å². The first-order valence-corrected chi connectivity index (χ1v) is 5.61. The number of nitrogens with zero attached hydrogens (tertiary/aromatic N) is 2. The van der Waals surface area contributed by atoms with Gasteiger partial charge in [0.05, 0.1) is 0 Å². The summed E-state index contributed by atoms with van der Waals surface area (Å²) in [6, 6.07) is 7.87. The summed E-state index contributed by atoms with van der Waals surface area (Å²) in [5.41, 5.74) is 1.17. The summed E-state index contributed by atoms with van der Waals surface area (Å²) in [4.78, 5) is 0. The quantitative estimate of drug-likeness (QED) is 0.827. The molecule has 0 saturated carbocycles. The summed E-state index contributed by atoms with van der Waals surface area (Å²) < 4.78 is 5.98. The number of hydrogen-bond donors (Lipinski definition) is 0. The Bertz CT molecular complexity index is 458. The van der Waals surface area contributed by atoms with E-state index in [1.165, 1.54) is 16.9 Å². The van der Waals surface area contributed by atoms with E-state index in [4.69, 9.17) is 16.3 Å². The topological polar surface area (TPSA) is 35.0 Å². The Balaban J connectivity index is 1.99. The van der Waals surface area contributed by atoms with E-state index in [2.05, 4.69) is 10.2 Å². The van der Waals surface area contributed by atoms with Crippen molar-refractivity contribution in [3.63, 3.8) is 0 Å². The van der Waals surface area contributed by atoms with Gasteiger partial charge < -0.3 is 4.74 Å². The molecule has 0 fully saturated rings. The van der Waals surface area contributed by atoms with Crippen LogP contribution >= 0.6 is 22.9 Å². The van der Waals surface area contributed by atoms with Gasteiger partial charge in [0, 0.05) is 0 Å². The molecule has 1 heterocycles. The molecule has 2 aromatic rings. The summed E-state index contributed by atoms with van der Waals surface area (Å²) in [6.07, 6.45) is 0. The molecule has 0 N–H and O–H groups in total. The molecule has 0 saturated heterocycles. The van der Waals surface area contributed by atoms with Crippen molar-refractivity contribution in [1.29, 1.82) is 0 Å². The molecule has 5 heteroatoms. The first-order chi connectivity index (χ1) is 7.24. The van der Waals surface area contributed by atoms with Crippen molar-refractivity contribution in [3.8, 4) is 5.75 Å². The molecule has 3 nitrogen and oxygen atoms in total. The zero-order chi connectivity index (χ0) is 10.7. The number of halogens is 1. The lowest BCUT2D eigenvalue weighted by atomic mass is 10.2. The molecule has 0 aliphatic heterocycles. The van der Waals surface area contributed by atoms with Crippen LogP contribution in [0, 0.1) is 6.92 Å². The van der Waals surface area contributed by atoms with Gasteiger partial charge in [-0.1, -0.05) is 23.5 Å². The van der Waals surface area contributed by atoms with Crippen molar-refractivity contribution < 1.29 is 4.74 Å². The highest BCUT2D eigenvalue weighted by molar-refractivity contribution is 7.15. The zero-order valence-electron chi connectivity index (χ0n) is 8.11. The lowest BCUT2D eigenvalue weighted by Crippen LogP contribution is -1.94. The minimum absolute atomic E-state index is 0.411. The van der Waals surface area contributed by atoms with Gasteiger partial charge in [-0.05, 0) is 36.2 Å². The van der Waals surface area contributed by atoms with E-state index < -0.39 is 0 Å². The lowest BCUT2D eigenvalue weighted by Gasteiger charge is -2.03. The van der Waals surface area contributed by atoms with E-state index >= 15 is 0 Å². The van der Waals surface area contributed by atoms with E-state index in [0.717, 1.165) is 10.8 Å². The number of aromatic nitrogens is 2. The van der Waals surface area contributed by atoms with Crippen molar-refractivity contribution >= 4 is 22.9 Å². The van der Waals surface area contributed by atoms with Crippen LogP contribution in [0.3, 0.4) is 0 Å². The molecule has 2 rings (SSSR count). The van der Waals surface area contributed by atoms with Crippen LogP contribution in [0.15, 0.2) is 24.3 Å². The van der Waals surface area contributed by atoms with Crippen LogP contribution in [-0.2, 0) is 6.61 Å². The highest BCUT2D eigenvalue weighted by Crippen LogP contribution is 2.18. The van der Waals surface area contributed by atoms with Crippen molar-refractivity contribution in [2.24, 2.45) is 0 Å². The van der Waals surface area contributed by atoms with Crippen molar-refractivity contribution in [1.82, 2.24) is 10.2 Å². The minimum atomic E-state index is 0.411. The summed E-state index contributed by atoms with van der Waals surface area (Å²) in [5.74, 6) is 0.835. The molecule has 0 radical (unpaired) electrons. The van der Waals surface area contributed by atoms with Gasteiger partial charge in [-0.25, -0.2) is 0 Å². The first-order valence-electron chi connectivity index (χ1n) is 4.41. The highest BCUT2D eigenvalue weighted by atomic mass is 35.5. The van der Waals surface area contributed by atoms with Crippen LogP contribution in [0.1, 0.15) is 10.6 Å². The lowest BCUT2D eigenvalue weighted by molar-refractivity contribution is 0.304. The van der Waals surface area contributed by atoms with Crippen LogP contribution in [0.2, 0.25) is 4.47 Å². The fourth-order valence-electron chi connectivity index (χ4n) is 1.14. The Morgan fingerprint density at radius 1 is 1.40 bits per heavy atom. The maximum absolute atomic E-state index is 5.66. The molecule has 0 unspecified atom stereocenters. The Labute approximate surface area is 96.7 Å². The highest BCUT2D eigenvalue weighted by Gasteiger charge is 2.02. The second-order valence-electron chi connectivity index (χ2n) is 3.05. The normalized spacial score (nSPS) is 10.3. The molecule has 0 bridgehead atoms. The van der Waals surface area contributed by atoms with Gasteiger partial charge >= 0.3 is 0 Å². The monoisotopic (exact) mass is 240 g/mol. The number of hydrogen-bond acceptors (Lipinski definition) is 4. The smallest absolute Gasteiger partial charge is 0.207 e. The van der Waals surface area contributed by atoms with E-state index in [-0.39, 0.29) is 0 Å². The molecular formula is C10H9ClN2OS. The van der Waals surface area contributed by atoms with Crippen LogP contribution in [0.25, 0.3) is 0 Å². The van der Waals surface area contributed by atoms with Crippen LogP contribution < -0.4 is 4.74 Å². The van der Waals surface area contributed by atoms with Crippen molar-refractivity contribution in [3.05, 3.63) is 39.3 Å². The number of aryl methyl sites for hydroxylation is 1. The van der Waals surface area contributed by atoms with Gasteiger partial charge in [0.25, 0.3) is 0 Å². The SMILES string of the molecule is Cc1cccc(OCc2nnc(Cl)s2)c1. The van der Waals surface area contributed by atoms with Gasteiger partial charge in [0.1, 0.15) is 12.4 Å². The van der Waals surface area contributed by atoms with E-state index in [1.807, 2.05) is 31.2 Å². The zero-order valence-corrected chi connectivity index (χ0v) is 9.68. The fourth-order valence-corrected chi connectivity index (χ4v) is 1.92. The van der Waals surface area contributed by atoms with Gasteiger partial charge in [-0.2, -0.15) is 0 Å². The maximum atomic E-state index is 5.66. The third-order valence-electron chi connectivity index (χ3n) is 1.79. The number of ether oxygens (including phenoxy) is 1. The molecule has 78 valence electrons. The molecule has 0 atom stereocenters. The molecule has 1 aromatic carbocycles. The largest absolute Gasteiger partial charge is 0.486 e. The summed E-state index contributed by atoms with van der Waals surface area (Å²) in [5, 5.41) is 8.34. The maximum Gasteiger partial charge on any atom is 0.207 e. The van der Waals surface area contributed by atoms with Gasteiger partial charge in [0.15, 0.2) is 5.01 Å². The predicted octanol–water partition coefficient (Wildman–Crippen LogP) is 3.08. The second kappa shape index (κ2) is 4.59. The molecule has 0 spiro atoms. The van der Waals surface area contributed by atoms with Crippen LogP contribution in [-0.4, -0.2) is 10.2 Å². The molecule has 0 amide bonds. The molecule has 1 aromatic heterocycles. The number of benzene rings is 1. The van der Waals surface area contributed by atoms with Crippen molar-refractivity contribution in [2.75, 3.05) is 0 Å². The number of rotatable bonds is 3. The molecule has 15 heavy (non-hydrogen) atoms. The Kier molecular flexibility index (Phi) is 3.18. The van der Waals surface area contributed by atoms with Gasteiger partial charge in [0.2, 0.25) is 4.47 Å². The van der Waals surface area contributed by atoms with Crippen LogP contribution in [0.4, 0.5) is 0 Å². The third kappa shape index (κ3) is 2.91. The summed E-state index contributed by atoms with van der Waals surface area (Å²) >= 11 is 6.99. The van der Waals surface area contributed by atoms with Crippen LogP contribution in [0.5, 0.6) is 5.75 Å².